The molecule has 86 valence electrons. The maximum Gasteiger partial charge on any atom is 0.0889 e. The number of hydrogen-bond acceptors (Lipinski definition) is 2. The van der Waals surface area contributed by atoms with E-state index < -0.39 is 5.60 Å². The van der Waals surface area contributed by atoms with Gasteiger partial charge < -0.3 is 9.84 Å². The number of hydrogen-bond donors (Lipinski definition) is 1. The number of ether oxygens (including phenoxy) is 1. The van der Waals surface area contributed by atoms with Crippen molar-refractivity contribution in [3.05, 3.63) is 11.8 Å². The molecule has 1 aliphatic carbocycles. The van der Waals surface area contributed by atoms with Crippen LogP contribution in [-0.2, 0) is 4.74 Å². The van der Waals surface area contributed by atoms with E-state index in [0.29, 0.717) is 0 Å². The highest BCUT2D eigenvalue weighted by molar-refractivity contribution is 5.17. The molecule has 0 aromatic heterocycles. The van der Waals surface area contributed by atoms with Gasteiger partial charge in [-0.15, -0.1) is 0 Å². The average Bonchev–Trinajstić information content (AvgIpc) is 2.31. The van der Waals surface area contributed by atoms with Gasteiger partial charge in [-0.1, -0.05) is 13.3 Å². The molecule has 1 saturated carbocycles. The molecular weight excluding hydrogens is 188 g/mol. The molecule has 0 radical (unpaired) electrons. The van der Waals surface area contributed by atoms with Crippen LogP contribution in [0.1, 0.15) is 51.9 Å². The van der Waals surface area contributed by atoms with Crippen LogP contribution in [0.4, 0.5) is 0 Å². The van der Waals surface area contributed by atoms with E-state index in [4.69, 9.17) is 4.74 Å². The molecular formula is C13H22O2. The SMILES string of the molecule is CCC1CCC(O)(C2=COCCC2)CC1. The van der Waals surface area contributed by atoms with Crippen LogP contribution in [0.15, 0.2) is 11.8 Å². The normalized spacial score (nSPS) is 36.9. The highest BCUT2D eigenvalue weighted by atomic mass is 16.5. The molecule has 1 aliphatic heterocycles. The Morgan fingerprint density at radius 1 is 1.47 bits per heavy atom. The van der Waals surface area contributed by atoms with E-state index in [-0.39, 0.29) is 0 Å². The van der Waals surface area contributed by atoms with E-state index in [2.05, 4.69) is 6.92 Å². The molecule has 0 aromatic carbocycles. The molecule has 0 saturated heterocycles. The van der Waals surface area contributed by atoms with E-state index in [1.807, 2.05) is 6.26 Å². The summed E-state index contributed by atoms with van der Waals surface area (Å²) < 4.78 is 5.33. The fraction of sp³-hybridized carbons (Fsp3) is 0.846. The second kappa shape index (κ2) is 4.56. The Hall–Kier alpha value is -0.500. The van der Waals surface area contributed by atoms with Crippen LogP contribution in [-0.4, -0.2) is 17.3 Å². The predicted octanol–water partition coefficient (Wildman–Crippen LogP) is 3.01. The van der Waals surface area contributed by atoms with E-state index >= 15 is 0 Å². The maximum atomic E-state index is 10.6. The lowest BCUT2D eigenvalue weighted by Gasteiger charge is -2.38. The lowest BCUT2D eigenvalue weighted by atomic mass is 9.73. The van der Waals surface area contributed by atoms with Crippen molar-refractivity contribution >= 4 is 0 Å². The van der Waals surface area contributed by atoms with Gasteiger partial charge in [-0.05, 0) is 50.0 Å². The van der Waals surface area contributed by atoms with Crippen LogP contribution in [0.2, 0.25) is 0 Å². The smallest absolute Gasteiger partial charge is 0.0889 e. The Kier molecular flexibility index (Phi) is 3.35. The zero-order valence-electron chi connectivity index (χ0n) is 9.67. The number of aliphatic hydroxyl groups is 1. The van der Waals surface area contributed by atoms with Gasteiger partial charge in [0.25, 0.3) is 0 Å². The Morgan fingerprint density at radius 3 is 2.73 bits per heavy atom. The molecule has 0 spiro atoms. The third-order valence-corrected chi connectivity index (χ3v) is 4.04. The van der Waals surface area contributed by atoms with E-state index in [0.717, 1.165) is 43.8 Å². The molecule has 0 bridgehead atoms. The minimum atomic E-state index is -0.536. The summed E-state index contributed by atoms with van der Waals surface area (Å²) in [6, 6.07) is 0. The van der Waals surface area contributed by atoms with Gasteiger partial charge in [0, 0.05) is 0 Å². The largest absolute Gasteiger partial charge is 0.501 e. The summed E-state index contributed by atoms with van der Waals surface area (Å²) in [4.78, 5) is 0. The standard InChI is InChI=1S/C13H22O2/c1-2-11-5-7-13(14,8-6-11)12-4-3-9-15-10-12/h10-11,14H,2-9H2,1H3. The molecule has 1 fully saturated rings. The fourth-order valence-corrected chi connectivity index (χ4v) is 2.79. The van der Waals surface area contributed by atoms with Crippen LogP contribution in [0.3, 0.4) is 0 Å². The van der Waals surface area contributed by atoms with E-state index in [1.165, 1.54) is 19.3 Å². The third-order valence-electron chi connectivity index (χ3n) is 4.04. The van der Waals surface area contributed by atoms with Crippen LogP contribution >= 0.6 is 0 Å². The highest BCUT2D eigenvalue weighted by Gasteiger charge is 2.36. The van der Waals surface area contributed by atoms with Crippen LogP contribution in [0, 0.1) is 5.92 Å². The van der Waals surface area contributed by atoms with Crippen LogP contribution in [0.25, 0.3) is 0 Å². The molecule has 15 heavy (non-hydrogen) atoms. The minimum absolute atomic E-state index is 0.536. The van der Waals surface area contributed by atoms with Crippen molar-refractivity contribution in [3.8, 4) is 0 Å². The fourth-order valence-electron chi connectivity index (χ4n) is 2.79. The molecule has 0 atom stereocenters. The quantitative estimate of drug-likeness (QED) is 0.759. The second-order valence-electron chi connectivity index (χ2n) is 5.00. The molecule has 2 heteroatoms. The lowest BCUT2D eigenvalue weighted by Crippen LogP contribution is -2.37. The van der Waals surface area contributed by atoms with E-state index in [9.17, 15) is 5.11 Å². The van der Waals surface area contributed by atoms with Gasteiger partial charge >= 0.3 is 0 Å². The van der Waals surface area contributed by atoms with Crippen molar-refractivity contribution in [2.75, 3.05) is 6.61 Å². The zero-order chi connectivity index (χ0) is 10.7. The second-order valence-corrected chi connectivity index (χ2v) is 5.00. The first-order valence-electron chi connectivity index (χ1n) is 6.28. The predicted molar refractivity (Wildman–Crippen MR) is 60.5 cm³/mol. The first kappa shape index (κ1) is 11.0. The van der Waals surface area contributed by atoms with Crippen molar-refractivity contribution in [1.29, 1.82) is 0 Å². The van der Waals surface area contributed by atoms with Crippen molar-refractivity contribution in [1.82, 2.24) is 0 Å². The molecule has 2 aliphatic rings. The molecule has 1 N–H and O–H groups in total. The molecule has 2 rings (SSSR count). The van der Waals surface area contributed by atoms with Gasteiger partial charge in [0.1, 0.15) is 0 Å². The lowest BCUT2D eigenvalue weighted by molar-refractivity contribution is 0.0131. The number of rotatable bonds is 2. The highest BCUT2D eigenvalue weighted by Crippen LogP contribution is 2.40. The third kappa shape index (κ3) is 2.36. The summed E-state index contributed by atoms with van der Waals surface area (Å²) in [7, 11) is 0. The van der Waals surface area contributed by atoms with Crippen molar-refractivity contribution < 1.29 is 9.84 Å². The van der Waals surface area contributed by atoms with E-state index in [1.54, 1.807) is 0 Å². The molecule has 0 unspecified atom stereocenters. The topological polar surface area (TPSA) is 29.5 Å². The summed E-state index contributed by atoms with van der Waals surface area (Å²) in [5, 5.41) is 10.6. The molecule has 0 aromatic rings. The maximum absolute atomic E-state index is 10.6. The van der Waals surface area contributed by atoms with Gasteiger partial charge in [0.15, 0.2) is 0 Å². The van der Waals surface area contributed by atoms with Crippen LogP contribution in [0.5, 0.6) is 0 Å². The first-order chi connectivity index (χ1) is 7.24. The Morgan fingerprint density at radius 2 is 2.20 bits per heavy atom. The van der Waals surface area contributed by atoms with Gasteiger partial charge in [0.2, 0.25) is 0 Å². The zero-order valence-corrected chi connectivity index (χ0v) is 9.67. The summed E-state index contributed by atoms with van der Waals surface area (Å²) in [6.07, 6.45) is 9.36. The Bertz CT molecular complexity index is 237. The Balaban J connectivity index is 1.98. The van der Waals surface area contributed by atoms with Crippen molar-refractivity contribution in [3.63, 3.8) is 0 Å². The summed E-state index contributed by atoms with van der Waals surface area (Å²) >= 11 is 0. The summed E-state index contributed by atoms with van der Waals surface area (Å²) in [5.74, 6) is 0.829. The van der Waals surface area contributed by atoms with Gasteiger partial charge in [0.05, 0.1) is 18.5 Å². The average molecular weight is 210 g/mol. The van der Waals surface area contributed by atoms with Crippen LogP contribution < -0.4 is 0 Å². The molecule has 0 amide bonds. The summed E-state index contributed by atoms with van der Waals surface area (Å²) in [6.45, 7) is 3.06. The monoisotopic (exact) mass is 210 g/mol. The van der Waals surface area contributed by atoms with Crippen molar-refractivity contribution in [2.45, 2.75) is 57.5 Å². The van der Waals surface area contributed by atoms with Gasteiger partial charge in [-0.3, -0.25) is 0 Å². The first-order valence-corrected chi connectivity index (χ1v) is 6.28. The van der Waals surface area contributed by atoms with Crippen molar-refractivity contribution in [2.24, 2.45) is 5.92 Å². The van der Waals surface area contributed by atoms with Gasteiger partial charge in [-0.2, -0.15) is 0 Å². The molecule has 2 nitrogen and oxygen atoms in total. The molecule has 1 heterocycles. The Labute approximate surface area is 92.3 Å². The van der Waals surface area contributed by atoms with Gasteiger partial charge in [-0.25, -0.2) is 0 Å². The summed E-state index contributed by atoms with van der Waals surface area (Å²) in [5.41, 5.74) is 0.606. The minimum Gasteiger partial charge on any atom is -0.501 e.